The maximum absolute atomic E-state index is 12.2. The van der Waals surface area contributed by atoms with Crippen molar-refractivity contribution in [1.29, 1.82) is 5.26 Å². The van der Waals surface area contributed by atoms with Gasteiger partial charge in [0.2, 0.25) is 5.91 Å². The first kappa shape index (κ1) is 18.1. The van der Waals surface area contributed by atoms with Crippen molar-refractivity contribution in [2.75, 3.05) is 5.32 Å². The van der Waals surface area contributed by atoms with E-state index in [0.29, 0.717) is 22.3 Å². The molecular formula is C15H16F2N2O2S. The monoisotopic (exact) mass is 326 g/mol. The Morgan fingerprint density at radius 2 is 1.86 bits per heavy atom. The van der Waals surface area contributed by atoms with Crippen LogP contribution in [-0.2, 0) is 9.59 Å². The van der Waals surface area contributed by atoms with Gasteiger partial charge in [0.05, 0.1) is 6.07 Å². The molecule has 0 unspecified atom stereocenters. The van der Waals surface area contributed by atoms with E-state index in [1.165, 1.54) is 24.3 Å². The number of nitriles is 1. The summed E-state index contributed by atoms with van der Waals surface area (Å²) in [6, 6.07) is 7.47. The van der Waals surface area contributed by atoms with Gasteiger partial charge in [0.15, 0.2) is 11.7 Å². The third-order valence-corrected chi connectivity index (χ3v) is 3.39. The molecule has 0 fully saturated rings. The Morgan fingerprint density at radius 3 is 2.32 bits per heavy atom. The minimum atomic E-state index is -2.52. The molecule has 0 saturated heterocycles. The van der Waals surface area contributed by atoms with Gasteiger partial charge < -0.3 is 5.32 Å². The Labute approximate surface area is 131 Å². The van der Waals surface area contributed by atoms with Crippen LogP contribution in [0, 0.1) is 23.2 Å². The van der Waals surface area contributed by atoms with E-state index >= 15 is 0 Å². The lowest BCUT2D eigenvalue weighted by Gasteiger charge is -2.11. The Bertz CT molecular complexity index is 568. The first-order valence-electron chi connectivity index (χ1n) is 6.61. The predicted octanol–water partition coefficient (Wildman–Crippen LogP) is 3.69. The van der Waals surface area contributed by atoms with Crippen LogP contribution in [0.5, 0.6) is 0 Å². The molecular weight excluding hydrogens is 310 g/mol. The molecule has 0 radical (unpaired) electrons. The normalized spacial score (nSPS) is 12.0. The predicted molar refractivity (Wildman–Crippen MR) is 80.5 cm³/mol. The second kappa shape index (κ2) is 8.49. The molecule has 118 valence electrons. The van der Waals surface area contributed by atoms with Crippen molar-refractivity contribution < 1.29 is 18.4 Å². The SMILES string of the molecule is CC(C)CC(=O)[C@@H](C#N)C(=O)Nc1ccc(SC(F)F)cc1. The molecule has 1 N–H and O–H groups in total. The lowest BCUT2D eigenvalue weighted by atomic mass is 9.96. The van der Waals surface area contributed by atoms with Crippen LogP contribution in [0.25, 0.3) is 0 Å². The summed E-state index contributed by atoms with van der Waals surface area (Å²) in [6.45, 7) is 3.65. The summed E-state index contributed by atoms with van der Waals surface area (Å²) in [5.41, 5.74) is 0.348. The fraction of sp³-hybridized carbons (Fsp3) is 0.400. The van der Waals surface area contributed by atoms with Gasteiger partial charge in [-0.3, -0.25) is 9.59 Å². The van der Waals surface area contributed by atoms with Crippen LogP contribution >= 0.6 is 11.8 Å². The molecule has 0 saturated carbocycles. The summed E-state index contributed by atoms with van der Waals surface area (Å²) in [5, 5.41) is 11.4. The second-order valence-electron chi connectivity index (χ2n) is 5.02. The molecule has 22 heavy (non-hydrogen) atoms. The van der Waals surface area contributed by atoms with Gasteiger partial charge in [0, 0.05) is 17.0 Å². The molecule has 0 aliphatic heterocycles. The number of carbonyl (C=O) groups is 2. The average Bonchev–Trinajstić information content (AvgIpc) is 2.40. The van der Waals surface area contributed by atoms with Crippen LogP contribution in [0.4, 0.5) is 14.5 Å². The van der Waals surface area contributed by atoms with E-state index in [2.05, 4.69) is 5.32 Å². The number of nitrogens with zero attached hydrogens (tertiary/aromatic N) is 1. The number of alkyl halides is 2. The van der Waals surface area contributed by atoms with Crippen molar-refractivity contribution in [3.8, 4) is 6.07 Å². The van der Waals surface area contributed by atoms with Gasteiger partial charge in [-0.15, -0.1) is 0 Å². The van der Waals surface area contributed by atoms with Gasteiger partial charge in [0.25, 0.3) is 5.76 Å². The van der Waals surface area contributed by atoms with Gasteiger partial charge in [-0.25, -0.2) is 0 Å². The van der Waals surface area contributed by atoms with Crippen LogP contribution in [0.15, 0.2) is 29.2 Å². The number of hydrogen-bond donors (Lipinski definition) is 1. The van der Waals surface area contributed by atoms with E-state index in [1.807, 2.05) is 13.8 Å². The Morgan fingerprint density at radius 1 is 1.27 bits per heavy atom. The molecule has 0 spiro atoms. The Kier molecular flexibility index (Phi) is 6.99. The number of nitrogens with one attached hydrogen (secondary N) is 1. The molecule has 1 rings (SSSR count). The number of Topliss-reactive ketones (excluding diaryl/α,β-unsaturated/α-hetero) is 1. The summed E-state index contributed by atoms with van der Waals surface area (Å²) in [7, 11) is 0. The highest BCUT2D eigenvalue weighted by Gasteiger charge is 2.26. The third-order valence-electron chi connectivity index (χ3n) is 2.67. The summed E-state index contributed by atoms with van der Waals surface area (Å²) >= 11 is 0.396. The van der Waals surface area contributed by atoms with Crippen LogP contribution in [0.3, 0.4) is 0 Å². The zero-order valence-electron chi connectivity index (χ0n) is 12.2. The summed E-state index contributed by atoms with van der Waals surface area (Å²) < 4.78 is 24.4. The smallest absolute Gasteiger partial charge is 0.288 e. The number of halogens is 2. The number of anilines is 1. The summed E-state index contributed by atoms with van der Waals surface area (Å²) in [4.78, 5) is 24.1. The minimum absolute atomic E-state index is 0.0572. The van der Waals surface area contributed by atoms with Gasteiger partial charge >= 0.3 is 0 Å². The molecule has 1 amide bonds. The average molecular weight is 326 g/mol. The number of amides is 1. The standard InChI is InChI=1S/C15H16F2N2O2S/c1-9(2)7-13(20)12(8-18)14(21)19-10-3-5-11(6-4-10)22-15(16)17/h3-6,9,12,15H,7H2,1-2H3,(H,19,21)/t12-/m1/s1. The van der Waals surface area contributed by atoms with Crippen LogP contribution in [-0.4, -0.2) is 17.4 Å². The first-order chi connectivity index (χ1) is 10.3. The van der Waals surface area contributed by atoms with Crippen molar-refractivity contribution in [2.45, 2.75) is 30.9 Å². The molecule has 1 aromatic carbocycles. The first-order valence-corrected chi connectivity index (χ1v) is 7.49. The fourth-order valence-electron chi connectivity index (χ4n) is 1.73. The highest BCUT2D eigenvalue weighted by molar-refractivity contribution is 7.99. The van der Waals surface area contributed by atoms with Crippen molar-refractivity contribution in [2.24, 2.45) is 11.8 Å². The number of ketones is 1. The molecule has 0 aliphatic carbocycles. The van der Waals surface area contributed by atoms with E-state index in [-0.39, 0.29) is 12.3 Å². The highest BCUT2D eigenvalue weighted by atomic mass is 32.2. The molecule has 0 bridgehead atoms. The van der Waals surface area contributed by atoms with Crippen molar-refractivity contribution in [3.63, 3.8) is 0 Å². The topological polar surface area (TPSA) is 70.0 Å². The number of rotatable bonds is 7. The van der Waals surface area contributed by atoms with Crippen LogP contribution < -0.4 is 5.32 Å². The fourth-order valence-corrected chi connectivity index (χ4v) is 2.23. The third kappa shape index (κ3) is 5.82. The van der Waals surface area contributed by atoms with E-state index in [4.69, 9.17) is 5.26 Å². The zero-order valence-corrected chi connectivity index (χ0v) is 13.0. The number of benzene rings is 1. The molecule has 1 aromatic rings. The molecule has 7 heteroatoms. The quantitative estimate of drug-likeness (QED) is 0.613. The number of carbonyl (C=O) groups excluding carboxylic acids is 2. The molecule has 0 aromatic heterocycles. The van der Waals surface area contributed by atoms with E-state index in [0.717, 1.165) is 0 Å². The highest BCUT2D eigenvalue weighted by Crippen LogP contribution is 2.26. The Balaban J connectivity index is 2.70. The Hall–Kier alpha value is -1.94. The lowest BCUT2D eigenvalue weighted by molar-refractivity contribution is -0.129. The minimum Gasteiger partial charge on any atom is -0.325 e. The number of thioether (sulfide) groups is 1. The number of hydrogen-bond acceptors (Lipinski definition) is 4. The van der Waals surface area contributed by atoms with Crippen molar-refractivity contribution in [3.05, 3.63) is 24.3 Å². The maximum atomic E-state index is 12.2. The van der Waals surface area contributed by atoms with Gasteiger partial charge in [-0.2, -0.15) is 14.0 Å². The van der Waals surface area contributed by atoms with Crippen LogP contribution in [0.2, 0.25) is 0 Å². The maximum Gasteiger partial charge on any atom is 0.288 e. The van der Waals surface area contributed by atoms with Gasteiger partial charge in [-0.1, -0.05) is 25.6 Å². The largest absolute Gasteiger partial charge is 0.325 e. The molecule has 0 aliphatic rings. The second-order valence-corrected chi connectivity index (χ2v) is 6.08. The van der Waals surface area contributed by atoms with E-state index in [9.17, 15) is 18.4 Å². The molecule has 1 atom stereocenters. The molecule has 4 nitrogen and oxygen atoms in total. The van der Waals surface area contributed by atoms with E-state index in [1.54, 1.807) is 6.07 Å². The van der Waals surface area contributed by atoms with Crippen LogP contribution in [0.1, 0.15) is 20.3 Å². The van der Waals surface area contributed by atoms with Gasteiger partial charge in [-0.05, 0) is 30.2 Å². The lowest BCUT2D eigenvalue weighted by Crippen LogP contribution is -2.29. The molecule has 0 heterocycles. The van der Waals surface area contributed by atoms with Gasteiger partial charge in [0.1, 0.15) is 0 Å². The van der Waals surface area contributed by atoms with Crippen molar-refractivity contribution >= 4 is 29.1 Å². The van der Waals surface area contributed by atoms with Crippen molar-refractivity contribution in [1.82, 2.24) is 0 Å². The summed E-state index contributed by atoms with van der Waals surface area (Å²) in [6.07, 6.45) is 0.148. The summed E-state index contributed by atoms with van der Waals surface area (Å²) in [5.74, 6) is -4.96. The van der Waals surface area contributed by atoms with E-state index < -0.39 is 23.4 Å². The zero-order chi connectivity index (χ0) is 16.7.